The van der Waals surface area contributed by atoms with Crippen LogP contribution in [0.5, 0.6) is 11.6 Å². The molecule has 3 heterocycles. The number of hydrogen-bond acceptors (Lipinski definition) is 6. The molecule has 1 N–H and O–H groups in total. The third kappa shape index (κ3) is 4.70. The monoisotopic (exact) mass is 523 g/mol. The molecule has 0 radical (unpaired) electrons. The highest BCUT2D eigenvalue weighted by molar-refractivity contribution is 6.32. The van der Waals surface area contributed by atoms with E-state index in [0.29, 0.717) is 41.0 Å². The molecule has 4 aromatic rings. The number of fused-ring (bicyclic) bond motifs is 1. The van der Waals surface area contributed by atoms with Gasteiger partial charge in [0.05, 0.1) is 35.1 Å². The quantitative estimate of drug-likeness (QED) is 0.367. The summed E-state index contributed by atoms with van der Waals surface area (Å²) in [5.74, 6) is -1.08. The number of aromatic carboxylic acids is 1. The lowest BCUT2D eigenvalue weighted by molar-refractivity contribution is 0.0695. The second-order valence-corrected chi connectivity index (χ2v) is 9.06. The lowest BCUT2D eigenvalue weighted by Crippen LogP contribution is -2.35. The van der Waals surface area contributed by atoms with E-state index in [9.17, 15) is 14.7 Å². The summed E-state index contributed by atoms with van der Waals surface area (Å²) in [6.45, 7) is 0.900. The van der Waals surface area contributed by atoms with Gasteiger partial charge in [-0.3, -0.25) is 4.79 Å². The van der Waals surface area contributed by atoms with Gasteiger partial charge in [0, 0.05) is 36.5 Å². The fraction of sp³-hybridized carbons (Fsp3) is 0.222. The van der Waals surface area contributed by atoms with E-state index in [1.54, 1.807) is 42.6 Å². The first-order valence-corrected chi connectivity index (χ1v) is 12.0. The molecule has 0 amide bonds. The molecule has 2 aromatic carbocycles. The van der Waals surface area contributed by atoms with Crippen molar-refractivity contribution in [1.82, 2.24) is 9.55 Å². The first kappa shape index (κ1) is 24.6. The van der Waals surface area contributed by atoms with E-state index in [1.165, 1.54) is 17.9 Å². The number of hydrogen-bond donors (Lipinski definition) is 1. The molecule has 1 fully saturated rings. The predicted octanol–water partition coefficient (Wildman–Crippen LogP) is 4.93. The summed E-state index contributed by atoms with van der Waals surface area (Å²) in [4.78, 5) is 30.9. The maximum absolute atomic E-state index is 15.5. The van der Waals surface area contributed by atoms with Crippen molar-refractivity contribution in [3.8, 4) is 17.3 Å². The number of halogens is 2. The van der Waals surface area contributed by atoms with Gasteiger partial charge in [-0.2, -0.15) is 0 Å². The van der Waals surface area contributed by atoms with Crippen molar-refractivity contribution in [2.75, 3.05) is 25.2 Å². The maximum Gasteiger partial charge on any atom is 0.341 e. The van der Waals surface area contributed by atoms with E-state index >= 15 is 4.39 Å². The molecular formula is C27H23ClFN3O5. The van der Waals surface area contributed by atoms with Gasteiger partial charge in [-0.1, -0.05) is 17.7 Å². The first-order chi connectivity index (χ1) is 17.9. The third-order valence-corrected chi connectivity index (χ3v) is 6.78. The van der Waals surface area contributed by atoms with Crippen LogP contribution in [0.1, 0.15) is 23.2 Å². The number of carbonyl (C=O) groups is 1. The summed E-state index contributed by atoms with van der Waals surface area (Å²) in [6, 6.07) is 12.8. The van der Waals surface area contributed by atoms with Gasteiger partial charge < -0.3 is 24.0 Å². The Labute approximate surface area is 216 Å². The van der Waals surface area contributed by atoms with Gasteiger partial charge in [-0.15, -0.1) is 0 Å². The zero-order valence-corrected chi connectivity index (χ0v) is 20.6. The number of methoxy groups -OCH3 is 1. The molecule has 1 atom stereocenters. The second kappa shape index (κ2) is 10.1. The van der Waals surface area contributed by atoms with Gasteiger partial charge in [0.1, 0.15) is 23.7 Å². The molecule has 10 heteroatoms. The number of anilines is 1. The predicted molar refractivity (Wildman–Crippen MR) is 138 cm³/mol. The van der Waals surface area contributed by atoms with Crippen LogP contribution in [0, 0.1) is 5.82 Å². The summed E-state index contributed by atoms with van der Waals surface area (Å²) < 4.78 is 28.2. The van der Waals surface area contributed by atoms with Gasteiger partial charge in [-0.25, -0.2) is 14.2 Å². The minimum absolute atomic E-state index is 0.0690. The van der Waals surface area contributed by atoms with E-state index in [-0.39, 0.29) is 17.1 Å². The number of rotatable bonds is 7. The Kier molecular flexibility index (Phi) is 6.71. The number of carboxylic acid groups (broad SMARTS) is 1. The highest BCUT2D eigenvalue weighted by Gasteiger charge is 2.29. The minimum atomic E-state index is -1.42. The van der Waals surface area contributed by atoms with Crippen molar-refractivity contribution in [1.29, 1.82) is 0 Å². The standard InChI is InChI=1S/C27H23ClFN3O5/c1-36-17-7-8-20(28)23(11-17)32-14-19(27(34)35)26(33)18-12-21(29)24(13-22(18)32)31-10-4-5-16(31)15-37-25-6-2-3-9-30-25/h2-3,6-9,11-14,16H,4-5,10,15H2,1H3,(H,34,35)/t16-/m1/s1. The third-order valence-electron chi connectivity index (χ3n) is 6.46. The molecule has 1 saturated heterocycles. The second-order valence-electron chi connectivity index (χ2n) is 8.65. The number of ether oxygens (including phenoxy) is 2. The van der Waals surface area contributed by atoms with Crippen molar-refractivity contribution in [2.45, 2.75) is 18.9 Å². The Morgan fingerprint density at radius 3 is 2.78 bits per heavy atom. The summed E-state index contributed by atoms with van der Waals surface area (Å²) in [6.07, 6.45) is 4.47. The van der Waals surface area contributed by atoms with Crippen LogP contribution in [0.25, 0.3) is 16.6 Å². The van der Waals surface area contributed by atoms with E-state index in [1.807, 2.05) is 11.0 Å². The Bertz CT molecular complexity index is 1540. The van der Waals surface area contributed by atoms with Crippen LogP contribution in [0.15, 0.2) is 65.7 Å². The molecule has 5 rings (SSSR count). The van der Waals surface area contributed by atoms with Crippen molar-refractivity contribution >= 4 is 34.2 Å². The number of pyridine rings is 2. The lowest BCUT2D eigenvalue weighted by atomic mass is 10.1. The molecule has 0 unspecified atom stereocenters. The summed E-state index contributed by atoms with van der Waals surface area (Å²) in [5, 5.41) is 9.89. The minimum Gasteiger partial charge on any atom is -0.497 e. The maximum atomic E-state index is 15.5. The van der Waals surface area contributed by atoms with Gasteiger partial charge in [-0.05, 0) is 43.2 Å². The Morgan fingerprint density at radius 2 is 2.05 bits per heavy atom. The number of nitrogens with zero attached hydrogens (tertiary/aromatic N) is 3. The van der Waals surface area contributed by atoms with E-state index in [2.05, 4.69) is 4.98 Å². The topological polar surface area (TPSA) is 93.9 Å². The van der Waals surface area contributed by atoms with Crippen LogP contribution >= 0.6 is 11.6 Å². The van der Waals surface area contributed by atoms with Crippen LogP contribution < -0.4 is 19.8 Å². The molecule has 0 aliphatic carbocycles. The molecule has 190 valence electrons. The van der Waals surface area contributed by atoms with Crippen molar-refractivity contribution in [2.24, 2.45) is 0 Å². The highest BCUT2D eigenvalue weighted by atomic mass is 35.5. The fourth-order valence-electron chi connectivity index (χ4n) is 4.65. The molecule has 8 nitrogen and oxygen atoms in total. The molecule has 1 aliphatic heterocycles. The number of aromatic nitrogens is 2. The molecule has 0 saturated carbocycles. The van der Waals surface area contributed by atoms with Crippen LogP contribution in [-0.4, -0.2) is 46.9 Å². The molecular weight excluding hydrogens is 501 g/mol. The molecule has 1 aliphatic rings. The first-order valence-electron chi connectivity index (χ1n) is 11.6. The summed E-state index contributed by atoms with van der Waals surface area (Å²) in [7, 11) is 1.49. The Balaban J connectivity index is 1.64. The van der Waals surface area contributed by atoms with E-state index < -0.39 is 22.8 Å². The van der Waals surface area contributed by atoms with Crippen molar-refractivity contribution in [3.05, 3.63) is 87.6 Å². The van der Waals surface area contributed by atoms with E-state index in [0.717, 1.165) is 18.9 Å². The normalized spacial score (nSPS) is 15.2. The molecule has 2 aromatic heterocycles. The summed E-state index contributed by atoms with van der Waals surface area (Å²) >= 11 is 6.47. The van der Waals surface area contributed by atoms with Crippen LogP contribution in [-0.2, 0) is 0 Å². The number of carboxylic acids is 1. The largest absolute Gasteiger partial charge is 0.497 e. The smallest absolute Gasteiger partial charge is 0.341 e. The van der Waals surface area contributed by atoms with Gasteiger partial charge in [0.2, 0.25) is 11.3 Å². The average molecular weight is 524 g/mol. The zero-order chi connectivity index (χ0) is 26.1. The van der Waals surface area contributed by atoms with Crippen LogP contribution in [0.3, 0.4) is 0 Å². The van der Waals surface area contributed by atoms with Gasteiger partial charge in [0.25, 0.3) is 0 Å². The van der Waals surface area contributed by atoms with Crippen LogP contribution in [0.4, 0.5) is 10.1 Å². The highest BCUT2D eigenvalue weighted by Crippen LogP contribution is 2.34. The van der Waals surface area contributed by atoms with Crippen molar-refractivity contribution < 1.29 is 23.8 Å². The Morgan fingerprint density at radius 1 is 1.22 bits per heavy atom. The fourth-order valence-corrected chi connectivity index (χ4v) is 4.86. The zero-order valence-electron chi connectivity index (χ0n) is 19.9. The Hall–Kier alpha value is -4.11. The number of benzene rings is 2. The molecule has 37 heavy (non-hydrogen) atoms. The molecule has 0 spiro atoms. The average Bonchev–Trinajstić information content (AvgIpc) is 3.37. The van der Waals surface area contributed by atoms with Crippen LogP contribution in [0.2, 0.25) is 5.02 Å². The lowest BCUT2D eigenvalue weighted by Gasteiger charge is -2.28. The van der Waals surface area contributed by atoms with Gasteiger partial charge in [0.15, 0.2) is 0 Å². The van der Waals surface area contributed by atoms with E-state index in [4.69, 9.17) is 21.1 Å². The SMILES string of the molecule is COc1ccc(Cl)c(-n2cc(C(=O)O)c(=O)c3cc(F)c(N4CCC[C@@H]4COc4ccccn4)cc32)c1. The van der Waals surface area contributed by atoms with Gasteiger partial charge >= 0.3 is 5.97 Å². The van der Waals surface area contributed by atoms with Crippen molar-refractivity contribution in [3.63, 3.8) is 0 Å². The summed E-state index contributed by atoms with van der Waals surface area (Å²) in [5.41, 5.74) is -0.281. The molecule has 0 bridgehead atoms.